The molecule has 6 nitrogen and oxygen atoms in total. The van der Waals surface area contributed by atoms with Gasteiger partial charge in [0.05, 0.1) is 13.2 Å². The predicted molar refractivity (Wildman–Crippen MR) is 89.0 cm³/mol. The average Bonchev–Trinajstić information content (AvgIpc) is 2.52. The molecular formula is C17H25N3O3. The Kier molecular flexibility index (Phi) is 5.03. The van der Waals surface area contributed by atoms with Crippen molar-refractivity contribution in [3.63, 3.8) is 0 Å². The number of amides is 2. The minimum Gasteiger partial charge on any atom is -0.486 e. The number of anilines is 1. The van der Waals surface area contributed by atoms with E-state index >= 15 is 0 Å². The molecular weight excluding hydrogens is 294 g/mol. The number of rotatable bonds is 4. The largest absolute Gasteiger partial charge is 0.486 e. The van der Waals surface area contributed by atoms with Crippen LogP contribution in [0.5, 0.6) is 5.75 Å². The summed E-state index contributed by atoms with van der Waals surface area (Å²) in [5, 5.41) is 2.95. The molecule has 0 aromatic heterocycles. The number of hydrogen-bond acceptors (Lipinski definition) is 4. The second kappa shape index (κ2) is 7.19. The molecule has 0 aliphatic carbocycles. The van der Waals surface area contributed by atoms with Crippen molar-refractivity contribution in [1.29, 1.82) is 0 Å². The smallest absolute Gasteiger partial charge is 0.321 e. The summed E-state index contributed by atoms with van der Waals surface area (Å²) in [7, 11) is 4.00. The number of nitrogens with zero attached hydrogens (tertiary/aromatic N) is 2. The van der Waals surface area contributed by atoms with Crippen LogP contribution in [0.4, 0.5) is 10.5 Å². The van der Waals surface area contributed by atoms with E-state index in [-0.39, 0.29) is 12.1 Å². The molecule has 2 saturated heterocycles. The molecule has 0 saturated carbocycles. The highest BCUT2D eigenvalue weighted by Gasteiger charge is 2.24. The molecule has 2 amide bonds. The van der Waals surface area contributed by atoms with Crippen molar-refractivity contribution < 1.29 is 14.3 Å². The lowest BCUT2D eigenvalue weighted by Crippen LogP contribution is -2.46. The number of likely N-dealkylation sites (tertiary alicyclic amines) is 1. The fourth-order valence-electron chi connectivity index (χ4n) is 2.85. The van der Waals surface area contributed by atoms with Gasteiger partial charge in [-0.2, -0.15) is 0 Å². The number of nitrogens with one attached hydrogen (secondary N) is 1. The van der Waals surface area contributed by atoms with Crippen molar-refractivity contribution in [2.75, 3.05) is 45.7 Å². The highest BCUT2D eigenvalue weighted by atomic mass is 16.6. The van der Waals surface area contributed by atoms with E-state index < -0.39 is 0 Å². The number of ether oxygens (including phenoxy) is 2. The number of carbonyl (C=O) groups excluding carboxylic acids is 1. The number of carbonyl (C=O) groups is 1. The number of hydrogen-bond donors (Lipinski definition) is 1. The van der Waals surface area contributed by atoms with Crippen LogP contribution < -0.4 is 10.1 Å². The van der Waals surface area contributed by atoms with Crippen LogP contribution in [0.25, 0.3) is 0 Å². The molecule has 2 aliphatic rings. The van der Waals surface area contributed by atoms with Crippen molar-refractivity contribution >= 4 is 11.7 Å². The lowest BCUT2D eigenvalue weighted by molar-refractivity contribution is -0.0796. The maximum absolute atomic E-state index is 12.4. The van der Waals surface area contributed by atoms with Crippen LogP contribution >= 0.6 is 0 Å². The van der Waals surface area contributed by atoms with Crippen LogP contribution in [-0.2, 0) is 4.74 Å². The molecule has 126 valence electrons. The first kappa shape index (κ1) is 16.1. The summed E-state index contributed by atoms with van der Waals surface area (Å²) in [5.74, 6) is 0.806. The fraction of sp³-hybridized carbons (Fsp3) is 0.588. The number of benzene rings is 1. The van der Waals surface area contributed by atoms with Crippen LogP contribution in [0.15, 0.2) is 24.3 Å². The lowest BCUT2D eigenvalue weighted by atomic mass is 10.0. The van der Waals surface area contributed by atoms with E-state index in [4.69, 9.17) is 9.47 Å². The molecule has 0 atom stereocenters. The third-order valence-corrected chi connectivity index (χ3v) is 4.57. The van der Waals surface area contributed by atoms with Crippen molar-refractivity contribution in [2.45, 2.75) is 25.0 Å². The molecule has 1 N–H and O–H groups in total. The van der Waals surface area contributed by atoms with Gasteiger partial charge in [0.1, 0.15) is 11.9 Å². The minimum atomic E-state index is -0.0550. The molecule has 2 fully saturated rings. The highest BCUT2D eigenvalue weighted by Crippen LogP contribution is 2.20. The van der Waals surface area contributed by atoms with Crippen molar-refractivity contribution in [2.24, 2.45) is 0 Å². The summed E-state index contributed by atoms with van der Waals surface area (Å²) < 4.78 is 10.8. The van der Waals surface area contributed by atoms with E-state index in [0.29, 0.717) is 19.3 Å². The summed E-state index contributed by atoms with van der Waals surface area (Å²) >= 11 is 0. The Morgan fingerprint density at radius 2 is 1.91 bits per heavy atom. The number of piperidine rings is 1. The molecule has 2 heterocycles. The summed E-state index contributed by atoms with van der Waals surface area (Å²) in [4.78, 5) is 16.5. The van der Waals surface area contributed by atoms with Crippen LogP contribution in [0.1, 0.15) is 12.8 Å². The molecule has 2 aliphatic heterocycles. The van der Waals surface area contributed by atoms with Crippen LogP contribution in [0.3, 0.4) is 0 Å². The molecule has 1 aromatic rings. The zero-order valence-electron chi connectivity index (χ0n) is 13.8. The Labute approximate surface area is 137 Å². The van der Waals surface area contributed by atoms with Gasteiger partial charge in [-0.25, -0.2) is 4.79 Å². The summed E-state index contributed by atoms with van der Waals surface area (Å²) in [6.07, 6.45) is 2.21. The van der Waals surface area contributed by atoms with E-state index in [1.54, 1.807) is 0 Å². The zero-order chi connectivity index (χ0) is 16.2. The Hall–Kier alpha value is -1.79. The van der Waals surface area contributed by atoms with Gasteiger partial charge in [0, 0.05) is 18.8 Å². The normalized spacial score (nSPS) is 19.9. The Bertz CT molecular complexity index is 522. The second-order valence-electron chi connectivity index (χ2n) is 6.38. The van der Waals surface area contributed by atoms with Gasteiger partial charge in [0.15, 0.2) is 0 Å². The minimum absolute atomic E-state index is 0.0550. The van der Waals surface area contributed by atoms with Crippen LogP contribution in [0.2, 0.25) is 0 Å². The van der Waals surface area contributed by atoms with Gasteiger partial charge < -0.3 is 24.6 Å². The molecule has 23 heavy (non-hydrogen) atoms. The quantitative estimate of drug-likeness (QED) is 0.922. The highest BCUT2D eigenvalue weighted by molar-refractivity contribution is 5.89. The summed E-state index contributed by atoms with van der Waals surface area (Å²) in [6.45, 7) is 3.39. The van der Waals surface area contributed by atoms with Crippen LogP contribution in [-0.4, -0.2) is 68.4 Å². The SMILES string of the molecule is CN1CCC(N(C)C(=O)Nc2ccc(OC3COC3)cc2)CC1. The topological polar surface area (TPSA) is 54.0 Å². The fourth-order valence-corrected chi connectivity index (χ4v) is 2.85. The van der Waals surface area contributed by atoms with E-state index in [1.807, 2.05) is 36.2 Å². The van der Waals surface area contributed by atoms with Crippen LogP contribution in [0, 0.1) is 0 Å². The maximum Gasteiger partial charge on any atom is 0.321 e. The van der Waals surface area contributed by atoms with Gasteiger partial charge in [-0.3, -0.25) is 0 Å². The molecule has 0 unspecified atom stereocenters. The Morgan fingerprint density at radius 3 is 2.48 bits per heavy atom. The van der Waals surface area contributed by atoms with Gasteiger partial charge in [-0.1, -0.05) is 0 Å². The van der Waals surface area contributed by atoms with Gasteiger partial charge in [-0.05, 0) is 57.2 Å². The molecule has 1 aromatic carbocycles. The maximum atomic E-state index is 12.4. The van der Waals surface area contributed by atoms with E-state index in [1.165, 1.54) is 0 Å². The summed E-state index contributed by atoms with van der Waals surface area (Å²) in [5.41, 5.74) is 0.784. The van der Waals surface area contributed by atoms with E-state index in [9.17, 15) is 4.79 Å². The first-order chi connectivity index (χ1) is 11.1. The first-order valence-electron chi connectivity index (χ1n) is 8.18. The van der Waals surface area contributed by atoms with Gasteiger partial charge >= 0.3 is 6.03 Å². The average molecular weight is 319 g/mol. The number of urea groups is 1. The second-order valence-corrected chi connectivity index (χ2v) is 6.38. The molecule has 0 radical (unpaired) electrons. The first-order valence-corrected chi connectivity index (χ1v) is 8.18. The van der Waals surface area contributed by atoms with Gasteiger partial charge in [-0.15, -0.1) is 0 Å². The Balaban J connectivity index is 1.50. The molecule has 3 rings (SSSR count). The third kappa shape index (κ3) is 4.14. The van der Waals surface area contributed by atoms with Gasteiger partial charge in [0.2, 0.25) is 0 Å². The van der Waals surface area contributed by atoms with Crippen molar-refractivity contribution in [1.82, 2.24) is 9.80 Å². The van der Waals surface area contributed by atoms with Crippen molar-refractivity contribution in [3.05, 3.63) is 24.3 Å². The zero-order valence-corrected chi connectivity index (χ0v) is 13.8. The van der Waals surface area contributed by atoms with Crippen molar-refractivity contribution in [3.8, 4) is 5.75 Å². The summed E-state index contributed by atoms with van der Waals surface area (Å²) in [6, 6.07) is 7.75. The predicted octanol–water partition coefficient (Wildman–Crippen LogP) is 2.02. The standard InChI is InChI=1S/C17H25N3O3/c1-19-9-7-14(8-10-19)20(2)17(21)18-13-3-5-15(6-4-13)23-16-11-22-12-16/h3-6,14,16H,7-12H2,1-2H3,(H,18,21). The molecule has 0 bridgehead atoms. The van der Waals surface area contributed by atoms with Gasteiger partial charge in [0.25, 0.3) is 0 Å². The van der Waals surface area contributed by atoms with E-state index in [0.717, 1.165) is 37.4 Å². The lowest BCUT2D eigenvalue weighted by Gasteiger charge is -2.35. The van der Waals surface area contributed by atoms with E-state index in [2.05, 4.69) is 17.3 Å². The monoisotopic (exact) mass is 319 g/mol. The Morgan fingerprint density at radius 1 is 1.26 bits per heavy atom. The third-order valence-electron chi connectivity index (χ3n) is 4.57. The molecule has 6 heteroatoms. The molecule has 0 spiro atoms.